The number of nitrogens with zero attached hydrogens (tertiary/aromatic N) is 2. The van der Waals surface area contributed by atoms with Gasteiger partial charge < -0.3 is 9.15 Å². The smallest absolute Gasteiger partial charge is 0.337 e. The van der Waals surface area contributed by atoms with Crippen LogP contribution in [-0.4, -0.2) is 23.0 Å². The molecule has 3 rings (SSSR count). The van der Waals surface area contributed by atoms with Gasteiger partial charge in [-0.1, -0.05) is 18.2 Å². The minimum Gasteiger partial charge on any atom is -0.465 e. The molecule has 2 heterocycles. The van der Waals surface area contributed by atoms with Gasteiger partial charge in [-0.25, -0.2) is 4.79 Å². The van der Waals surface area contributed by atoms with Crippen molar-refractivity contribution in [1.82, 2.24) is 9.88 Å². The molecular weight excluding hydrogens is 328 g/mol. The van der Waals surface area contributed by atoms with E-state index < -0.39 is 0 Å². The molecule has 26 heavy (non-hydrogen) atoms. The molecule has 0 bridgehead atoms. The maximum atomic E-state index is 11.6. The summed E-state index contributed by atoms with van der Waals surface area (Å²) in [5, 5.41) is 0. The maximum absolute atomic E-state index is 11.6. The molecule has 0 saturated heterocycles. The number of hydrogen-bond donors (Lipinski definition) is 0. The second kappa shape index (κ2) is 8.45. The summed E-state index contributed by atoms with van der Waals surface area (Å²) in [7, 11) is 1.39. The van der Waals surface area contributed by atoms with E-state index in [2.05, 4.69) is 9.88 Å². The summed E-state index contributed by atoms with van der Waals surface area (Å²) >= 11 is 0. The molecule has 3 aromatic rings. The SMILES string of the molecule is COC(=O)c1ccc(CN(Cc2ccccn2)Cc2ccc(C)o2)cc1. The average molecular weight is 350 g/mol. The van der Waals surface area contributed by atoms with E-state index in [9.17, 15) is 4.79 Å². The van der Waals surface area contributed by atoms with Crippen molar-refractivity contribution in [2.45, 2.75) is 26.6 Å². The van der Waals surface area contributed by atoms with Gasteiger partial charge in [-0.3, -0.25) is 9.88 Å². The van der Waals surface area contributed by atoms with Gasteiger partial charge >= 0.3 is 5.97 Å². The third-order valence-electron chi connectivity index (χ3n) is 4.07. The Hall–Kier alpha value is -2.92. The number of ether oxygens (including phenoxy) is 1. The molecule has 1 aromatic carbocycles. The Morgan fingerprint density at radius 2 is 1.85 bits per heavy atom. The van der Waals surface area contributed by atoms with E-state index in [0.717, 1.165) is 29.3 Å². The highest BCUT2D eigenvalue weighted by atomic mass is 16.5. The zero-order chi connectivity index (χ0) is 18.4. The molecule has 2 aromatic heterocycles. The number of aromatic nitrogens is 1. The molecule has 0 N–H and O–H groups in total. The Labute approximate surface area is 153 Å². The number of furan rings is 1. The summed E-state index contributed by atoms with van der Waals surface area (Å²) in [5.74, 6) is 1.50. The van der Waals surface area contributed by atoms with Crippen molar-refractivity contribution in [3.05, 3.63) is 89.1 Å². The average Bonchev–Trinajstić information content (AvgIpc) is 3.07. The molecule has 134 valence electrons. The van der Waals surface area contributed by atoms with Crippen molar-refractivity contribution < 1.29 is 13.9 Å². The summed E-state index contributed by atoms with van der Waals surface area (Å²) in [6, 6.07) is 17.4. The number of carbonyl (C=O) groups excluding carboxylic acids is 1. The van der Waals surface area contributed by atoms with Crippen LogP contribution in [0.5, 0.6) is 0 Å². The summed E-state index contributed by atoms with van der Waals surface area (Å²) in [5.41, 5.74) is 2.66. The van der Waals surface area contributed by atoms with Gasteiger partial charge in [0.25, 0.3) is 0 Å². The quantitative estimate of drug-likeness (QED) is 0.604. The summed E-state index contributed by atoms with van der Waals surface area (Å²) in [6.07, 6.45) is 1.80. The van der Waals surface area contributed by atoms with Crippen LogP contribution in [0.3, 0.4) is 0 Å². The lowest BCUT2D eigenvalue weighted by atomic mass is 10.1. The van der Waals surface area contributed by atoms with Gasteiger partial charge in [0.2, 0.25) is 0 Å². The van der Waals surface area contributed by atoms with Crippen LogP contribution in [0.4, 0.5) is 0 Å². The first-order valence-electron chi connectivity index (χ1n) is 8.49. The molecule has 0 radical (unpaired) electrons. The van der Waals surface area contributed by atoms with E-state index in [4.69, 9.17) is 9.15 Å². The molecule has 0 aliphatic carbocycles. The third-order valence-corrected chi connectivity index (χ3v) is 4.07. The number of methoxy groups -OCH3 is 1. The van der Waals surface area contributed by atoms with Crippen LogP contribution in [0.2, 0.25) is 0 Å². The van der Waals surface area contributed by atoms with E-state index in [1.165, 1.54) is 7.11 Å². The van der Waals surface area contributed by atoms with E-state index in [-0.39, 0.29) is 5.97 Å². The Bertz CT molecular complexity index is 841. The van der Waals surface area contributed by atoms with Crippen LogP contribution in [0.1, 0.15) is 33.1 Å². The number of pyridine rings is 1. The van der Waals surface area contributed by atoms with Gasteiger partial charge in [-0.15, -0.1) is 0 Å². The topological polar surface area (TPSA) is 55.6 Å². The predicted molar refractivity (Wildman–Crippen MR) is 98.4 cm³/mol. The van der Waals surface area contributed by atoms with Crippen molar-refractivity contribution in [3.63, 3.8) is 0 Å². The second-order valence-electron chi connectivity index (χ2n) is 6.17. The molecule has 0 spiro atoms. The van der Waals surface area contributed by atoms with Crippen molar-refractivity contribution in [2.24, 2.45) is 0 Å². The molecule has 0 saturated carbocycles. The number of hydrogen-bond acceptors (Lipinski definition) is 5. The monoisotopic (exact) mass is 350 g/mol. The van der Waals surface area contributed by atoms with Crippen LogP contribution in [0, 0.1) is 6.92 Å². The lowest BCUT2D eigenvalue weighted by Crippen LogP contribution is -2.22. The van der Waals surface area contributed by atoms with E-state index >= 15 is 0 Å². The number of aryl methyl sites for hydroxylation is 1. The second-order valence-corrected chi connectivity index (χ2v) is 6.17. The standard InChI is InChI=1S/C21H22N2O3/c1-16-6-11-20(26-16)15-23(14-19-5-3-4-12-22-19)13-17-7-9-18(10-8-17)21(24)25-2/h3-12H,13-15H2,1-2H3. The summed E-state index contributed by atoms with van der Waals surface area (Å²) in [6.45, 7) is 4.05. The zero-order valence-electron chi connectivity index (χ0n) is 15.0. The summed E-state index contributed by atoms with van der Waals surface area (Å²) in [4.78, 5) is 18.3. The lowest BCUT2D eigenvalue weighted by Gasteiger charge is -2.21. The number of benzene rings is 1. The Morgan fingerprint density at radius 3 is 2.46 bits per heavy atom. The maximum Gasteiger partial charge on any atom is 0.337 e. The first-order valence-corrected chi connectivity index (χ1v) is 8.49. The Kier molecular flexibility index (Phi) is 5.81. The van der Waals surface area contributed by atoms with Crippen LogP contribution in [0.15, 0.2) is 65.2 Å². The fraction of sp³-hybridized carbons (Fsp3) is 0.238. The largest absolute Gasteiger partial charge is 0.465 e. The van der Waals surface area contributed by atoms with Gasteiger partial charge in [-0.05, 0) is 48.9 Å². The van der Waals surface area contributed by atoms with Crippen molar-refractivity contribution in [3.8, 4) is 0 Å². The van der Waals surface area contributed by atoms with Crippen molar-refractivity contribution in [1.29, 1.82) is 0 Å². The number of rotatable bonds is 7. The van der Waals surface area contributed by atoms with Gasteiger partial charge in [-0.2, -0.15) is 0 Å². The van der Waals surface area contributed by atoms with Crippen molar-refractivity contribution in [2.75, 3.05) is 7.11 Å². The predicted octanol–water partition coefficient (Wildman–Crippen LogP) is 3.97. The first kappa shape index (κ1) is 17.9. The fourth-order valence-corrected chi connectivity index (χ4v) is 2.80. The molecular formula is C21H22N2O3. The third kappa shape index (κ3) is 4.80. The highest BCUT2D eigenvalue weighted by Gasteiger charge is 2.12. The minimum absolute atomic E-state index is 0.326. The fourth-order valence-electron chi connectivity index (χ4n) is 2.80. The van der Waals surface area contributed by atoms with Crippen LogP contribution in [-0.2, 0) is 24.4 Å². The normalized spacial score (nSPS) is 10.9. The molecule has 0 aliphatic heterocycles. The highest BCUT2D eigenvalue weighted by molar-refractivity contribution is 5.89. The van der Waals surface area contributed by atoms with Crippen LogP contribution in [0.25, 0.3) is 0 Å². The molecule has 5 heteroatoms. The molecule has 0 amide bonds. The molecule has 0 unspecified atom stereocenters. The van der Waals surface area contributed by atoms with E-state index in [1.54, 1.807) is 18.3 Å². The molecule has 0 atom stereocenters. The highest BCUT2D eigenvalue weighted by Crippen LogP contribution is 2.16. The zero-order valence-corrected chi connectivity index (χ0v) is 15.0. The van der Waals surface area contributed by atoms with Gasteiger partial charge in [0, 0.05) is 19.3 Å². The van der Waals surface area contributed by atoms with E-state index in [1.807, 2.05) is 49.4 Å². The van der Waals surface area contributed by atoms with E-state index in [0.29, 0.717) is 18.7 Å². The van der Waals surface area contributed by atoms with Gasteiger partial charge in [0.05, 0.1) is 24.9 Å². The molecule has 0 fully saturated rings. The molecule has 5 nitrogen and oxygen atoms in total. The number of esters is 1. The summed E-state index contributed by atoms with van der Waals surface area (Å²) < 4.78 is 10.5. The molecule has 0 aliphatic rings. The number of carbonyl (C=O) groups is 1. The van der Waals surface area contributed by atoms with Gasteiger partial charge in [0.1, 0.15) is 11.5 Å². The van der Waals surface area contributed by atoms with Crippen LogP contribution < -0.4 is 0 Å². The Morgan fingerprint density at radius 1 is 1.04 bits per heavy atom. The minimum atomic E-state index is -0.326. The Balaban J connectivity index is 1.75. The first-order chi connectivity index (χ1) is 12.6. The van der Waals surface area contributed by atoms with Crippen molar-refractivity contribution >= 4 is 5.97 Å². The lowest BCUT2D eigenvalue weighted by molar-refractivity contribution is 0.0600. The van der Waals surface area contributed by atoms with Gasteiger partial charge in [0.15, 0.2) is 0 Å². The van der Waals surface area contributed by atoms with Crippen LogP contribution >= 0.6 is 0 Å².